The monoisotopic (exact) mass is 251 g/mol. The fourth-order valence-corrected chi connectivity index (χ4v) is 1.27. The maximum absolute atomic E-state index is 11.8. The summed E-state index contributed by atoms with van der Waals surface area (Å²) in [6.45, 7) is 5.66. The normalized spacial score (nSPS) is 12.6. The van der Waals surface area contributed by atoms with Crippen LogP contribution in [-0.2, 0) is 0 Å². The van der Waals surface area contributed by atoms with E-state index in [4.69, 9.17) is 16.9 Å². The summed E-state index contributed by atoms with van der Waals surface area (Å²) < 4.78 is 0. The molecule has 1 aromatic rings. The number of rotatable bonds is 2. The fourth-order valence-electron chi connectivity index (χ4n) is 1.16. The van der Waals surface area contributed by atoms with Crippen molar-refractivity contribution in [2.75, 3.05) is 0 Å². The van der Waals surface area contributed by atoms with Crippen LogP contribution in [-0.4, -0.2) is 16.9 Å². The Bertz CT molecular complexity index is 442. The van der Waals surface area contributed by atoms with Crippen LogP contribution in [0.3, 0.4) is 0 Å². The van der Waals surface area contributed by atoms with E-state index in [2.05, 4.69) is 16.4 Å². The van der Waals surface area contributed by atoms with Crippen LogP contribution in [0, 0.1) is 16.7 Å². The third-order valence-corrected chi connectivity index (χ3v) is 2.45. The SMILES string of the molecule is CC(C)(C)C(C#N)NC(=O)c1ccc(Cl)cn1. The molecule has 0 saturated carbocycles. The van der Waals surface area contributed by atoms with Crippen molar-refractivity contribution >= 4 is 17.5 Å². The van der Waals surface area contributed by atoms with Crippen LogP contribution >= 0.6 is 11.6 Å². The Labute approximate surface area is 106 Å². The third kappa shape index (κ3) is 3.72. The van der Waals surface area contributed by atoms with Crippen molar-refractivity contribution < 1.29 is 4.79 Å². The Kier molecular flexibility index (Phi) is 4.08. The van der Waals surface area contributed by atoms with Crippen molar-refractivity contribution in [3.63, 3.8) is 0 Å². The molecule has 4 nitrogen and oxygen atoms in total. The lowest BCUT2D eigenvalue weighted by Crippen LogP contribution is -2.42. The Morgan fingerprint density at radius 2 is 2.18 bits per heavy atom. The number of amides is 1. The first-order valence-corrected chi connectivity index (χ1v) is 5.54. The first-order chi connectivity index (χ1) is 7.84. The average Bonchev–Trinajstić information content (AvgIpc) is 2.24. The van der Waals surface area contributed by atoms with Crippen molar-refractivity contribution in [1.29, 1.82) is 5.26 Å². The van der Waals surface area contributed by atoms with Crippen molar-refractivity contribution in [2.45, 2.75) is 26.8 Å². The summed E-state index contributed by atoms with van der Waals surface area (Å²) in [6.07, 6.45) is 1.40. The van der Waals surface area contributed by atoms with Crippen LogP contribution in [0.5, 0.6) is 0 Å². The molecular formula is C12H14ClN3O. The lowest BCUT2D eigenvalue weighted by Gasteiger charge is -2.25. The molecule has 0 spiro atoms. The summed E-state index contributed by atoms with van der Waals surface area (Å²) in [5.74, 6) is -0.372. The standard InChI is InChI=1S/C12H14ClN3O/c1-12(2,3)10(6-14)16-11(17)9-5-4-8(13)7-15-9/h4-5,7,10H,1-3H3,(H,16,17). The molecular weight excluding hydrogens is 238 g/mol. The lowest BCUT2D eigenvalue weighted by atomic mass is 9.87. The highest BCUT2D eigenvalue weighted by atomic mass is 35.5. The van der Waals surface area contributed by atoms with E-state index < -0.39 is 6.04 Å². The second-order valence-corrected chi connectivity index (χ2v) is 5.20. The van der Waals surface area contributed by atoms with Gasteiger partial charge in [0, 0.05) is 6.20 Å². The number of nitriles is 1. The number of carbonyl (C=O) groups is 1. The quantitative estimate of drug-likeness (QED) is 0.878. The number of hydrogen-bond acceptors (Lipinski definition) is 3. The van der Waals surface area contributed by atoms with E-state index in [0.717, 1.165) is 0 Å². The van der Waals surface area contributed by atoms with E-state index in [-0.39, 0.29) is 17.0 Å². The molecule has 1 atom stereocenters. The average molecular weight is 252 g/mol. The Morgan fingerprint density at radius 1 is 1.53 bits per heavy atom. The number of carbonyl (C=O) groups excluding carboxylic acids is 1. The minimum absolute atomic E-state index is 0.249. The van der Waals surface area contributed by atoms with E-state index in [9.17, 15) is 4.79 Å². The maximum Gasteiger partial charge on any atom is 0.270 e. The Balaban J connectivity index is 2.79. The zero-order valence-electron chi connectivity index (χ0n) is 9.99. The van der Waals surface area contributed by atoms with E-state index in [0.29, 0.717) is 5.02 Å². The fraction of sp³-hybridized carbons (Fsp3) is 0.417. The number of halogens is 1. The van der Waals surface area contributed by atoms with Crippen molar-refractivity contribution in [3.8, 4) is 6.07 Å². The van der Waals surface area contributed by atoms with Crippen molar-refractivity contribution in [2.24, 2.45) is 5.41 Å². The molecule has 0 saturated heterocycles. The highest BCUT2D eigenvalue weighted by molar-refractivity contribution is 6.30. The molecule has 1 N–H and O–H groups in total. The van der Waals surface area contributed by atoms with E-state index in [1.165, 1.54) is 12.3 Å². The van der Waals surface area contributed by atoms with Gasteiger partial charge in [0.05, 0.1) is 11.1 Å². The second kappa shape index (κ2) is 5.15. The lowest BCUT2D eigenvalue weighted by molar-refractivity contribution is 0.0917. The molecule has 0 aromatic carbocycles. The summed E-state index contributed by atoms with van der Waals surface area (Å²) in [5, 5.41) is 12.1. The summed E-state index contributed by atoms with van der Waals surface area (Å²) in [4.78, 5) is 15.7. The van der Waals surface area contributed by atoms with Crippen molar-refractivity contribution in [1.82, 2.24) is 10.3 Å². The van der Waals surface area contributed by atoms with Gasteiger partial charge in [-0.3, -0.25) is 4.79 Å². The largest absolute Gasteiger partial charge is 0.334 e. The second-order valence-electron chi connectivity index (χ2n) is 4.76. The summed E-state index contributed by atoms with van der Waals surface area (Å²) in [7, 11) is 0. The molecule has 0 aliphatic heterocycles. The van der Waals surface area contributed by atoms with Gasteiger partial charge in [0.1, 0.15) is 11.7 Å². The van der Waals surface area contributed by atoms with Gasteiger partial charge in [-0.2, -0.15) is 5.26 Å². The molecule has 90 valence electrons. The minimum Gasteiger partial charge on any atom is -0.334 e. The van der Waals surface area contributed by atoms with Gasteiger partial charge in [-0.1, -0.05) is 32.4 Å². The molecule has 1 amide bonds. The maximum atomic E-state index is 11.8. The van der Waals surface area contributed by atoms with Crippen LogP contribution in [0.15, 0.2) is 18.3 Å². The van der Waals surface area contributed by atoms with Crippen LogP contribution in [0.1, 0.15) is 31.3 Å². The van der Waals surface area contributed by atoms with Gasteiger partial charge in [-0.25, -0.2) is 4.98 Å². The molecule has 1 rings (SSSR count). The van der Waals surface area contributed by atoms with Gasteiger partial charge < -0.3 is 5.32 Å². The molecule has 1 heterocycles. The molecule has 17 heavy (non-hydrogen) atoms. The van der Waals surface area contributed by atoms with Crippen LogP contribution < -0.4 is 5.32 Å². The molecule has 1 unspecified atom stereocenters. The highest BCUT2D eigenvalue weighted by Gasteiger charge is 2.26. The van der Waals surface area contributed by atoms with Gasteiger partial charge in [0.2, 0.25) is 0 Å². The summed E-state index contributed by atoms with van der Waals surface area (Å²) >= 11 is 5.68. The van der Waals surface area contributed by atoms with Crippen LogP contribution in [0.4, 0.5) is 0 Å². The van der Waals surface area contributed by atoms with Gasteiger partial charge >= 0.3 is 0 Å². The van der Waals surface area contributed by atoms with Gasteiger partial charge in [-0.05, 0) is 17.5 Å². The first-order valence-electron chi connectivity index (χ1n) is 5.16. The van der Waals surface area contributed by atoms with Gasteiger partial charge in [-0.15, -0.1) is 0 Å². The zero-order chi connectivity index (χ0) is 13.1. The predicted molar refractivity (Wildman–Crippen MR) is 65.6 cm³/mol. The smallest absolute Gasteiger partial charge is 0.270 e. The third-order valence-electron chi connectivity index (χ3n) is 2.23. The van der Waals surface area contributed by atoms with E-state index in [1.54, 1.807) is 6.07 Å². The zero-order valence-corrected chi connectivity index (χ0v) is 10.7. The van der Waals surface area contributed by atoms with E-state index in [1.807, 2.05) is 20.8 Å². The molecule has 1 aromatic heterocycles. The predicted octanol–water partition coefficient (Wildman–Crippen LogP) is 2.40. The molecule has 0 aliphatic rings. The Morgan fingerprint density at radius 3 is 2.59 bits per heavy atom. The van der Waals surface area contributed by atoms with Gasteiger partial charge in [0.25, 0.3) is 5.91 Å². The molecule has 0 bridgehead atoms. The minimum atomic E-state index is -0.563. The molecule has 5 heteroatoms. The molecule has 0 fully saturated rings. The number of nitrogens with one attached hydrogen (secondary N) is 1. The van der Waals surface area contributed by atoms with Gasteiger partial charge in [0.15, 0.2) is 0 Å². The number of aromatic nitrogens is 1. The topological polar surface area (TPSA) is 65.8 Å². The number of pyridine rings is 1. The van der Waals surface area contributed by atoms with Crippen LogP contribution in [0.25, 0.3) is 0 Å². The highest BCUT2D eigenvalue weighted by Crippen LogP contribution is 2.18. The van der Waals surface area contributed by atoms with Crippen LogP contribution in [0.2, 0.25) is 5.02 Å². The Hall–Kier alpha value is -1.60. The summed E-state index contributed by atoms with van der Waals surface area (Å²) in [6, 6.07) is 4.61. The molecule has 0 aliphatic carbocycles. The van der Waals surface area contributed by atoms with E-state index >= 15 is 0 Å². The molecule has 0 radical (unpaired) electrons. The summed E-state index contributed by atoms with van der Waals surface area (Å²) in [5.41, 5.74) is -0.0736. The number of nitrogens with zero attached hydrogens (tertiary/aromatic N) is 2. The van der Waals surface area contributed by atoms with Crippen molar-refractivity contribution in [3.05, 3.63) is 29.0 Å². The number of hydrogen-bond donors (Lipinski definition) is 1. The first kappa shape index (κ1) is 13.5.